The minimum absolute atomic E-state index is 0.241. The molecule has 0 bridgehead atoms. The Kier molecular flexibility index (Phi) is 4.47. The molecule has 20 heavy (non-hydrogen) atoms. The van der Waals surface area contributed by atoms with Gasteiger partial charge in [0.2, 0.25) is 5.91 Å². The Morgan fingerprint density at radius 3 is 2.25 bits per heavy atom. The summed E-state index contributed by atoms with van der Waals surface area (Å²) in [5.74, 6) is -1.16. The van der Waals surface area contributed by atoms with E-state index < -0.39 is 11.8 Å². The Bertz CT molecular complexity index is 507. The molecular weight excluding hydrogens is 258 g/mol. The molecule has 3 N–H and O–H groups in total. The molecule has 0 atom stereocenters. The normalized spacial score (nSPS) is 13.6. The quantitative estimate of drug-likeness (QED) is 0.570. The van der Waals surface area contributed by atoms with Gasteiger partial charge in [0.15, 0.2) is 0 Å². The summed E-state index contributed by atoms with van der Waals surface area (Å²) >= 11 is 0. The van der Waals surface area contributed by atoms with Crippen LogP contribution in [0.4, 0.5) is 0 Å². The van der Waals surface area contributed by atoms with Gasteiger partial charge in [-0.1, -0.05) is 12.1 Å². The number of nitrogens with zero attached hydrogens (tertiary/aromatic N) is 1. The summed E-state index contributed by atoms with van der Waals surface area (Å²) in [5.41, 5.74) is 6.06. The van der Waals surface area contributed by atoms with Crippen LogP contribution in [0.15, 0.2) is 24.3 Å². The number of carbonyl (C=O) groups excluding carboxylic acids is 3. The van der Waals surface area contributed by atoms with Crippen LogP contribution < -0.4 is 11.1 Å². The second-order valence-electron chi connectivity index (χ2n) is 4.59. The van der Waals surface area contributed by atoms with E-state index in [9.17, 15) is 14.4 Å². The second kappa shape index (κ2) is 6.29. The lowest BCUT2D eigenvalue weighted by Crippen LogP contribution is -2.40. The molecule has 6 nitrogen and oxygen atoms in total. The van der Waals surface area contributed by atoms with E-state index in [-0.39, 0.29) is 12.5 Å². The standard InChI is InChI=1S/C14H17N3O3/c15-7-3-4-8-16-12(18)9-17-13(19)10-5-1-2-6-11(10)14(17)20/h1-2,5-6H,3-4,7-9,15H2,(H,16,18). The first-order chi connectivity index (χ1) is 9.65. The summed E-state index contributed by atoms with van der Waals surface area (Å²) in [6.45, 7) is 0.836. The third kappa shape index (κ3) is 2.85. The summed E-state index contributed by atoms with van der Waals surface area (Å²) in [5, 5.41) is 2.67. The Morgan fingerprint density at radius 1 is 1.10 bits per heavy atom. The van der Waals surface area contributed by atoms with Crippen molar-refractivity contribution in [1.82, 2.24) is 10.2 Å². The van der Waals surface area contributed by atoms with Gasteiger partial charge in [0.1, 0.15) is 6.54 Å². The molecule has 0 fully saturated rings. The summed E-state index contributed by atoms with van der Waals surface area (Å²) < 4.78 is 0. The van der Waals surface area contributed by atoms with Gasteiger partial charge in [-0.2, -0.15) is 0 Å². The number of rotatable bonds is 6. The van der Waals surface area contributed by atoms with Gasteiger partial charge in [-0.25, -0.2) is 0 Å². The van der Waals surface area contributed by atoms with Gasteiger partial charge in [0.05, 0.1) is 11.1 Å². The molecule has 6 heteroatoms. The number of amides is 3. The highest BCUT2D eigenvalue weighted by Crippen LogP contribution is 2.21. The number of unbranched alkanes of at least 4 members (excludes halogenated alkanes) is 1. The minimum atomic E-state index is -0.414. The van der Waals surface area contributed by atoms with E-state index >= 15 is 0 Å². The fourth-order valence-electron chi connectivity index (χ4n) is 2.08. The molecule has 0 saturated carbocycles. The maximum Gasteiger partial charge on any atom is 0.262 e. The average molecular weight is 275 g/mol. The summed E-state index contributed by atoms with van der Waals surface area (Å²) in [4.78, 5) is 36.7. The number of fused-ring (bicyclic) bond motifs is 1. The molecule has 106 valence electrons. The molecule has 0 aliphatic carbocycles. The van der Waals surface area contributed by atoms with Crippen LogP contribution >= 0.6 is 0 Å². The molecule has 1 aromatic rings. The van der Waals surface area contributed by atoms with Gasteiger partial charge in [-0.15, -0.1) is 0 Å². The van der Waals surface area contributed by atoms with Gasteiger partial charge in [0.25, 0.3) is 11.8 Å². The summed E-state index contributed by atoms with van der Waals surface area (Å²) in [7, 11) is 0. The average Bonchev–Trinajstić information content (AvgIpc) is 2.69. The van der Waals surface area contributed by atoms with Crippen molar-refractivity contribution in [2.45, 2.75) is 12.8 Å². The van der Waals surface area contributed by atoms with Gasteiger partial charge >= 0.3 is 0 Å². The number of hydrogen-bond donors (Lipinski definition) is 2. The van der Waals surface area contributed by atoms with Gasteiger partial charge < -0.3 is 11.1 Å². The highest BCUT2D eigenvalue weighted by Gasteiger charge is 2.35. The first-order valence-corrected chi connectivity index (χ1v) is 6.57. The van der Waals surface area contributed by atoms with Crippen LogP contribution in [0.3, 0.4) is 0 Å². The molecule has 3 amide bonds. The molecule has 1 aromatic carbocycles. The molecule has 1 aliphatic heterocycles. The Labute approximate surface area is 116 Å². The van der Waals surface area contributed by atoms with Crippen molar-refractivity contribution in [2.75, 3.05) is 19.6 Å². The van der Waals surface area contributed by atoms with Crippen molar-refractivity contribution in [3.05, 3.63) is 35.4 Å². The van der Waals surface area contributed by atoms with E-state index in [4.69, 9.17) is 5.73 Å². The van der Waals surface area contributed by atoms with Crippen molar-refractivity contribution in [3.8, 4) is 0 Å². The van der Waals surface area contributed by atoms with Gasteiger partial charge in [0, 0.05) is 6.54 Å². The zero-order chi connectivity index (χ0) is 14.5. The number of nitrogens with two attached hydrogens (primary N) is 1. The minimum Gasteiger partial charge on any atom is -0.355 e. The van der Waals surface area contributed by atoms with Crippen molar-refractivity contribution < 1.29 is 14.4 Å². The van der Waals surface area contributed by atoms with Crippen molar-refractivity contribution in [3.63, 3.8) is 0 Å². The first kappa shape index (κ1) is 14.2. The molecule has 0 aromatic heterocycles. The van der Waals surface area contributed by atoms with E-state index in [1.807, 2.05) is 0 Å². The Hall–Kier alpha value is -2.21. The molecule has 0 unspecified atom stereocenters. The Balaban J connectivity index is 1.93. The molecule has 2 rings (SSSR count). The SMILES string of the molecule is NCCCCNC(=O)CN1C(=O)c2ccccc2C1=O. The summed E-state index contributed by atoms with van der Waals surface area (Å²) in [6, 6.07) is 6.57. The van der Waals surface area contributed by atoms with Gasteiger partial charge in [-0.3, -0.25) is 19.3 Å². The lowest BCUT2D eigenvalue weighted by atomic mass is 10.1. The van der Waals surface area contributed by atoms with Crippen LogP contribution in [-0.4, -0.2) is 42.3 Å². The molecular formula is C14H17N3O3. The second-order valence-corrected chi connectivity index (χ2v) is 4.59. The monoisotopic (exact) mass is 275 g/mol. The van der Waals surface area contributed by atoms with Crippen molar-refractivity contribution in [1.29, 1.82) is 0 Å². The number of hydrogen-bond acceptors (Lipinski definition) is 4. The predicted molar refractivity (Wildman–Crippen MR) is 73.1 cm³/mol. The third-order valence-corrected chi connectivity index (χ3v) is 3.13. The molecule has 1 aliphatic rings. The lowest BCUT2D eigenvalue weighted by molar-refractivity contribution is -0.121. The van der Waals surface area contributed by atoms with Crippen LogP contribution in [0, 0.1) is 0 Å². The number of imide groups is 1. The van der Waals surface area contributed by atoms with Crippen LogP contribution in [0.25, 0.3) is 0 Å². The third-order valence-electron chi connectivity index (χ3n) is 3.13. The van der Waals surface area contributed by atoms with Crippen molar-refractivity contribution in [2.24, 2.45) is 5.73 Å². The number of benzene rings is 1. The number of nitrogens with one attached hydrogen (secondary N) is 1. The Morgan fingerprint density at radius 2 is 1.70 bits per heavy atom. The van der Waals surface area contributed by atoms with Gasteiger partial charge in [-0.05, 0) is 31.5 Å². The van der Waals surface area contributed by atoms with Crippen LogP contribution in [0.1, 0.15) is 33.6 Å². The van der Waals surface area contributed by atoms with Crippen molar-refractivity contribution >= 4 is 17.7 Å². The summed E-state index contributed by atoms with van der Waals surface area (Å²) in [6.07, 6.45) is 1.61. The van der Waals surface area contributed by atoms with E-state index in [1.165, 1.54) is 0 Å². The fraction of sp³-hybridized carbons (Fsp3) is 0.357. The highest BCUT2D eigenvalue weighted by atomic mass is 16.2. The maximum atomic E-state index is 12.0. The highest BCUT2D eigenvalue weighted by molar-refractivity contribution is 6.22. The van der Waals surface area contributed by atoms with E-state index in [0.29, 0.717) is 24.2 Å². The zero-order valence-electron chi connectivity index (χ0n) is 11.1. The van der Waals surface area contributed by atoms with E-state index in [2.05, 4.69) is 5.32 Å². The molecule has 0 saturated heterocycles. The number of carbonyl (C=O) groups is 3. The smallest absolute Gasteiger partial charge is 0.262 e. The largest absolute Gasteiger partial charge is 0.355 e. The molecule has 1 heterocycles. The van der Waals surface area contributed by atoms with Crippen LogP contribution in [0.2, 0.25) is 0 Å². The van der Waals surface area contributed by atoms with E-state index in [1.54, 1.807) is 24.3 Å². The lowest BCUT2D eigenvalue weighted by Gasteiger charge is -2.13. The molecule has 0 spiro atoms. The predicted octanol–water partition coefficient (Wildman–Crippen LogP) is 0.138. The fourth-order valence-corrected chi connectivity index (χ4v) is 2.08. The first-order valence-electron chi connectivity index (χ1n) is 6.57. The topological polar surface area (TPSA) is 92.5 Å². The molecule has 0 radical (unpaired) electrons. The maximum absolute atomic E-state index is 12.0. The zero-order valence-corrected chi connectivity index (χ0v) is 11.1. The van der Waals surface area contributed by atoms with E-state index in [0.717, 1.165) is 17.7 Å². The van der Waals surface area contributed by atoms with Crippen LogP contribution in [-0.2, 0) is 4.79 Å². The van der Waals surface area contributed by atoms with Crippen LogP contribution in [0.5, 0.6) is 0 Å².